The van der Waals surface area contributed by atoms with Gasteiger partial charge in [0.2, 0.25) is 0 Å². The normalized spacial score (nSPS) is 20.3. The summed E-state index contributed by atoms with van der Waals surface area (Å²) in [5.41, 5.74) is 1.22. The Morgan fingerprint density at radius 2 is 2.05 bits per heavy atom. The molecule has 0 saturated carbocycles. The van der Waals surface area contributed by atoms with Gasteiger partial charge in [-0.25, -0.2) is 8.42 Å². The highest BCUT2D eigenvalue weighted by Gasteiger charge is 2.27. The van der Waals surface area contributed by atoms with Crippen LogP contribution in [0.25, 0.3) is 0 Å². The Morgan fingerprint density at radius 3 is 2.71 bits per heavy atom. The molecule has 1 aromatic carbocycles. The van der Waals surface area contributed by atoms with Crippen LogP contribution in [0.1, 0.15) is 18.4 Å². The molecule has 1 saturated heterocycles. The van der Waals surface area contributed by atoms with E-state index in [1.54, 1.807) is 0 Å². The van der Waals surface area contributed by atoms with Gasteiger partial charge >= 0.3 is 5.97 Å². The first-order chi connectivity index (χ1) is 10.1. The Morgan fingerprint density at radius 1 is 1.29 bits per heavy atom. The van der Waals surface area contributed by atoms with Gasteiger partial charge in [0.15, 0.2) is 9.84 Å². The molecule has 2 rings (SSSR count). The van der Waals surface area contributed by atoms with E-state index in [0.29, 0.717) is 13.0 Å². The molecule has 21 heavy (non-hydrogen) atoms. The quantitative estimate of drug-likeness (QED) is 0.599. The lowest BCUT2D eigenvalue weighted by atomic mass is 10.1. The van der Waals surface area contributed by atoms with Crippen molar-refractivity contribution < 1.29 is 17.9 Å². The van der Waals surface area contributed by atoms with Crippen LogP contribution in [-0.2, 0) is 25.8 Å². The monoisotopic (exact) mass is 311 g/mol. The summed E-state index contributed by atoms with van der Waals surface area (Å²) in [4.78, 5) is 11.5. The molecule has 0 amide bonds. The highest BCUT2D eigenvalue weighted by molar-refractivity contribution is 7.91. The molecule has 0 radical (unpaired) electrons. The number of benzene rings is 1. The molecule has 0 bridgehead atoms. The van der Waals surface area contributed by atoms with E-state index in [1.807, 2.05) is 30.3 Å². The highest BCUT2D eigenvalue weighted by Crippen LogP contribution is 2.10. The average Bonchev–Trinajstić information content (AvgIpc) is 2.82. The van der Waals surface area contributed by atoms with Gasteiger partial charge in [-0.1, -0.05) is 30.3 Å². The third-order valence-electron chi connectivity index (χ3n) is 3.48. The van der Waals surface area contributed by atoms with Crippen molar-refractivity contribution in [3.63, 3.8) is 0 Å². The fourth-order valence-corrected chi connectivity index (χ4v) is 4.05. The van der Waals surface area contributed by atoms with E-state index >= 15 is 0 Å². The van der Waals surface area contributed by atoms with Crippen LogP contribution in [0.5, 0.6) is 0 Å². The maximum atomic E-state index is 11.5. The maximum Gasteiger partial charge on any atom is 0.319 e. The van der Waals surface area contributed by atoms with Crippen molar-refractivity contribution in [3.05, 3.63) is 35.9 Å². The summed E-state index contributed by atoms with van der Waals surface area (Å²) in [5, 5.41) is 2.94. The van der Waals surface area contributed by atoms with Crippen LogP contribution in [0.2, 0.25) is 0 Å². The number of sulfone groups is 1. The summed E-state index contributed by atoms with van der Waals surface area (Å²) < 4.78 is 27.7. The molecule has 1 heterocycles. The first-order valence-corrected chi connectivity index (χ1v) is 9.01. The lowest BCUT2D eigenvalue weighted by molar-refractivity contribution is -0.142. The number of esters is 1. The molecule has 6 heteroatoms. The number of nitrogens with one attached hydrogen (secondary N) is 1. The highest BCUT2D eigenvalue weighted by atomic mass is 32.2. The zero-order chi connectivity index (χ0) is 15.1. The van der Waals surface area contributed by atoms with Gasteiger partial charge in [-0.3, -0.25) is 4.79 Å². The maximum absolute atomic E-state index is 11.5. The van der Waals surface area contributed by atoms with Gasteiger partial charge in [0, 0.05) is 6.04 Å². The van der Waals surface area contributed by atoms with Crippen molar-refractivity contribution >= 4 is 15.8 Å². The third-order valence-corrected chi connectivity index (χ3v) is 5.25. The third kappa shape index (κ3) is 5.85. The fraction of sp³-hybridized carbons (Fsp3) is 0.533. The number of carbonyl (C=O) groups excluding carboxylic acids is 1. The van der Waals surface area contributed by atoms with Crippen LogP contribution in [0.15, 0.2) is 30.3 Å². The van der Waals surface area contributed by atoms with Gasteiger partial charge in [0.1, 0.15) is 0 Å². The van der Waals surface area contributed by atoms with Crippen LogP contribution in [0.4, 0.5) is 0 Å². The number of hydrogen-bond donors (Lipinski definition) is 1. The van der Waals surface area contributed by atoms with Crippen LogP contribution in [-0.4, -0.2) is 45.1 Å². The Balaban J connectivity index is 1.56. The molecule has 1 aliphatic rings. The summed E-state index contributed by atoms with van der Waals surface area (Å²) in [5.74, 6) is -0.00204. The lowest BCUT2D eigenvalue weighted by Crippen LogP contribution is -2.35. The molecule has 5 nitrogen and oxygen atoms in total. The standard InChI is InChI=1S/C15H21NO4S/c17-15(11-16-14-8-10-21(18,19)12-14)20-9-4-7-13-5-2-1-3-6-13/h1-3,5-6,14,16H,4,7-12H2. The van der Waals surface area contributed by atoms with E-state index in [9.17, 15) is 13.2 Å². The number of hydrogen-bond acceptors (Lipinski definition) is 5. The molecule has 116 valence electrons. The largest absolute Gasteiger partial charge is 0.465 e. The van der Waals surface area contributed by atoms with E-state index in [0.717, 1.165) is 12.8 Å². The fourth-order valence-electron chi connectivity index (χ4n) is 2.34. The SMILES string of the molecule is O=C(CNC1CCS(=O)(=O)C1)OCCCc1ccccc1. The summed E-state index contributed by atoms with van der Waals surface area (Å²) in [6.45, 7) is 0.462. The van der Waals surface area contributed by atoms with E-state index in [2.05, 4.69) is 5.32 Å². The summed E-state index contributed by atoms with van der Waals surface area (Å²) in [6.07, 6.45) is 2.24. The molecule has 0 spiro atoms. The lowest BCUT2D eigenvalue weighted by Gasteiger charge is -2.10. The van der Waals surface area contributed by atoms with Crippen molar-refractivity contribution in [1.82, 2.24) is 5.32 Å². The summed E-state index contributed by atoms with van der Waals surface area (Å²) >= 11 is 0. The van der Waals surface area contributed by atoms with Gasteiger partial charge in [-0.2, -0.15) is 0 Å². The molecule has 1 aromatic rings. The predicted octanol–water partition coefficient (Wildman–Crippen LogP) is 0.939. The first-order valence-electron chi connectivity index (χ1n) is 7.18. The zero-order valence-electron chi connectivity index (χ0n) is 12.0. The number of ether oxygens (including phenoxy) is 1. The molecule has 1 fully saturated rings. The van der Waals surface area contributed by atoms with Crippen LogP contribution >= 0.6 is 0 Å². The van der Waals surface area contributed by atoms with Crippen LogP contribution in [0.3, 0.4) is 0 Å². The van der Waals surface area contributed by atoms with Crippen molar-refractivity contribution in [2.45, 2.75) is 25.3 Å². The zero-order valence-corrected chi connectivity index (χ0v) is 12.8. The first kappa shape index (κ1) is 16.0. The molecule has 1 atom stereocenters. The number of rotatable bonds is 7. The average molecular weight is 311 g/mol. The van der Waals surface area contributed by atoms with E-state index in [-0.39, 0.29) is 30.1 Å². The molecular formula is C15H21NO4S. The summed E-state index contributed by atoms with van der Waals surface area (Å²) in [6, 6.07) is 9.92. The Labute approximate surface area is 125 Å². The Kier molecular flexibility index (Phi) is 5.76. The van der Waals surface area contributed by atoms with Gasteiger partial charge in [0.25, 0.3) is 0 Å². The second-order valence-corrected chi connectivity index (χ2v) is 7.52. The van der Waals surface area contributed by atoms with Crippen LogP contribution < -0.4 is 5.32 Å². The van der Waals surface area contributed by atoms with Crippen molar-refractivity contribution in [1.29, 1.82) is 0 Å². The van der Waals surface area contributed by atoms with E-state index in [1.165, 1.54) is 5.56 Å². The smallest absolute Gasteiger partial charge is 0.319 e. The van der Waals surface area contributed by atoms with Gasteiger partial charge < -0.3 is 10.1 Å². The molecule has 0 aliphatic carbocycles. The van der Waals surface area contributed by atoms with Gasteiger partial charge in [-0.05, 0) is 24.8 Å². The van der Waals surface area contributed by atoms with E-state index < -0.39 is 9.84 Å². The molecule has 1 aliphatic heterocycles. The van der Waals surface area contributed by atoms with Gasteiger partial charge in [-0.15, -0.1) is 0 Å². The molecule has 0 aromatic heterocycles. The molecule has 1 unspecified atom stereocenters. The second-order valence-electron chi connectivity index (χ2n) is 5.29. The van der Waals surface area contributed by atoms with E-state index in [4.69, 9.17) is 4.74 Å². The number of aryl methyl sites for hydroxylation is 1. The van der Waals surface area contributed by atoms with Crippen molar-refractivity contribution in [2.75, 3.05) is 24.7 Å². The molecule has 1 N–H and O–H groups in total. The van der Waals surface area contributed by atoms with Gasteiger partial charge in [0.05, 0.1) is 24.7 Å². The number of carbonyl (C=O) groups is 1. The van der Waals surface area contributed by atoms with Crippen molar-refractivity contribution in [2.24, 2.45) is 0 Å². The minimum absolute atomic E-state index is 0.0749. The minimum atomic E-state index is -2.91. The Hall–Kier alpha value is -1.40. The Bertz CT molecular complexity index is 556. The minimum Gasteiger partial charge on any atom is -0.465 e. The summed E-state index contributed by atoms with van der Waals surface area (Å²) in [7, 11) is -2.91. The predicted molar refractivity (Wildman–Crippen MR) is 80.8 cm³/mol. The van der Waals surface area contributed by atoms with Crippen LogP contribution in [0, 0.1) is 0 Å². The topological polar surface area (TPSA) is 72.5 Å². The molecular weight excluding hydrogens is 290 g/mol. The second kappa shape index (κ2) is 7.56. The van der Waals surface area contributed by atoms with Crippen molar-refractivity contribution in [3.8, 4) is 0 Å².